The molecule has 1 aromatic heterocycles. The summed E-state index contributed by atoms with van der Waals surface area (Å²) in [4.78, 5) is 27.4. The molecule has 3 heterocycles. The Morgan fingerprint density at radius 2 is 1.94 bits per heavy atom. The maximum Gasteiger partial charge on any atom is 0.300 e. The van der Waals surface area contributed by atoms with Crippen molar-refractivity contribution in [3.63, 3.8) is 0 Å². The first-order chi connectivity index (χ1) is 15.1. The van der Waals surface area contributed by atoms with Crippen molar-refractivity contribution >= 4 is 23.1 Å². The Kier molecular flexibility index (Phi) is 4.51. The Hall–Kier alpha value is -4.00. The topological polar surface area (TPSA) is 89.2 Å². The van der Waals surface area contributed by atoms with Gasteiger partial charge in [0.15, 0.2) is 0 Å². The standard InChI is InChI=1S/C24H19NO6/c1-29-17-7-5-16(6-8-17)25-21(19-3-2-11-30-19)20(23(27)24(25)28)22(26)15-4-9-18-14(13-15)10-12-31-18/h2-9,11,13,21,26H,10,12H2,1H3/b22-20-. The summed E-state index contributed by atoms with van der Waals surface area (Å²) < 4.78 is 16.3. The number of hydrogen-bond donors (Lipinski definition) is 1. The molecule has 31 heavy (non-hydrogen) atoms. The third kappa shape index (κ3) is 3.06. The molecule has 1 fully saturated rings. The number of ether oxygens (including phenoxy) is 2. The van der Waals surface area contributed by atoms with E-state index in [2.05, 4.69) is 0 Å². The molecule has 1 saturated heterocycles. The average Bonchev–Trinajstić information content (AvgIpc) is 3.53. The molecule has 1 unspecified atom stereocenters. The summed E-state index contributed by atoms with van der Waals surface area (Å²) in [5.41, 5.74) is 1.87. The molecule has 0 bridgehead atoms. The van der Waals surface area contributed by atoms with Crippen LogP contribution in [-0.4, -0.2) is 30.5 Å². The Balaban J connectivity index is 1.66. The summed E-state index contributed by atoms with van der Waals surface area (Å²) in [5, 5.41) is 11.1. The van der Waals surface area contributed by atoms with Crippen molar-refractivity contribution in [1.29, 1.82) is 0 Å². The van der Waals surface area contributed by atoms with Gasteiger partial charge in [0.2, 0.25) is 0 Å². The predicted octanol–water partition coefficient (Wildman–Crippen LogP) is 3.85. The van der Waals surface area contributed by atoms with E-state index in [0.717, 1.165) is 17.7 Å². The van der Waals surface area contributed by atoms with Gasteiger partial charge in [-0.05, 0) is 60.2 Å². The lowest BCUT2D eigenvalue weighted by atomic mass is 9.98. The SMILES string of the molecule is COc1ccc(N2C(=O)C(=O)/C(=C(\O)c3ccc4c(c3)CCO4)C2c2ccco2)cc1. The van der Waals surface area contributed by atoms with E-state index in [1.54, 1.807) is 61.7 Å². The molecular formula is C24H19NO6. The van der Waals surface area contributed by atoms with E-state index in [1.165, 1.54) is 11.2 Å². The summed E-state index contributed by atoms with van der Waals surface area (Å²) in [6, 6.07) is 14.5. The van der Waals surface area contributed by atoms with Gasteiger partial charge >= 0.3 is 0 Å². The molecule has 2 aliphatic heterocycles. The van der Waals surface area contributed by atoms with Crippen LogP contribution in [0.3, 0.4) is 0 Å². The minimum Gasteiger partial charge on any atom is -0.507 e. The summed E-state index contributed by atoms with van der Waals surface area (Å²) >= 11 is 0. The molecule has 7 nitrogen and oxygen atoms in total. The lowest BCUT2D eigenvalue weighted by molar-refractivity contribution is -0.132. The highest BCUT2D eigenvalue weighted by molar-refractivity contribution is 6.51. The maximum atomic E-state index is 13.1. The number of carbonyl (C=O) groups excluding carboxylic acids is 2. The highest BCUT2D eigenvalue weighted by Gasteiger charge is 2.48. The van der Waals surface area contributed by atoms with Gasteiger partial charge in [0.25, 0.3) is 11.7 Å². The zero-order valence-electron chi connectivity index (χ0n) is 16.7. The summed E-state index contributed by atoms with van der Waals surface area (Å²) in [6.07, 6.45) is 2.19. The van der Waals surface area contributed by atoms with Crippen LogP contribution in [0.2, 0.25) is 0 Å². The first-order valence-electron chi connectivity index (χ1n) is 9.83. The number of methoxy groups -OCH3 is 1. The van der Waals surface area contributed by atoms with Gasteiger partial charge in [0.1, 0.15) is 29.1 Å². The smallest absolute Gasteiger partial charge is 0.300 e. The van der Waals surface area contributed by atoms with Gasteiger partial charge in [-0.15, -0.1) is 0 Å². The van der Waals surface area contributed by atoms with Crippen LogP contribution in [0, 0.1) is 0 Å². The van der Waals surface area contributed by atoms with Crippen molar-refractivity contribution in [3.8, 4) is 11.5 Å². The fourth-order valence-corrected chi connectivity index (χ4v) is 4.05. The van der Waals surface area contributed by atoms with Crippen LogP contribution in [0.1, 0.15) is 22.9 Å². The Bertz CT molecular complexity index is 1190. The monoisotopic (exact) mass is 417 g/mol. The van der Waals surface area contributed by atoms with E-state index in [4.69, 9.17) is 13.9 Å². The van der Waals surface area contributed by atoms with Gasteiger partial charge in [-0.1, -0.05) is 0 Å². The molecule has 1 N–H and O–H groups in total. The van der Waals surface area contributed by atoms with Gasteiger partial charge in [0.05, 0.1) is 25.6 Å². The first kappa shape index (κ1) is 19.0. The number of nitrogens with zero attached hydrogens (tertiary/aromatic N) is 1. The lowest BCUT2D eigenvalue weighted by Crippen LogP contribution is -2.29. The van der Waals surface area contributed by atoms with Gasteiger partial charge in [0, 0.05) is 17.7 Å². The van der Waals surface area contributed by atoms with E-state index >= 15 is 0 Å². The number of aliphatic hydroxyl groups excluding tert-OH is 1. The third-order valence-corrected chi connectivity index (χ3v) is 5.57. The van der Waals surface area contributed by atoms with E-state index in [9.17, 15) is 14.7 Å². The van der Waals surface area contributed by atoms with Crippen LogP contribution in [0.4, 0.5) is 5.69 Å². The van der Waals surface area contributed by atoms with Gasteiger partial charge < -0.3 is 19.0 Å². The van der Waals surface area contributed by atoms with E-state index in [-0.39, 0.29) is 11.3 Å². The fourth-order valence-electron chi connectivity index (χ4n) is 4.05. The molecule has 0 spiro atoms. The summed E-state index contributed by atoms with van der Waals surface area (Å²) in [5.74, 6) is 0.00339. The van der Waals surface area contributed by atoms with Gasteiger partial charge in [-0.2, -0.15) is 0 Å². The highest BCUT2D eigenvalue weighted by atomic mass is 16.5. The number of carbonyl (C=O) groups is 2. The molecule has 0 aliphatic carbocycles. The zero-order chi connectivity index (χ0) is 21.5. The molecule has 1 amide bonds. The Morgan fingerprint density at radius 1 is 1.13 bits per heavy atom. The van der Waals surface area contributed by atoms with Gasteiger partial charge in [-0.3, -0.25) is 14.5 Å². The summed E-state index contributed by atoms with van der Waals surface area (Å²) in [6.45, 7) is 0.577. The molecule has 1 atom stereocenters. The molecule has 0 saturated carbocycles. The van der Waals surface area contributed by atoms with Crippen LogP contribution < -0.4 is 14.4 Å². The third-order valence-electron chi connectivity index (χ3n) is 5.57. The number of amides is 1. The van der Waals surface area contributed by atoms with Crippen LogP contribution in [0.25, 0.3) is 5.76 Å². The number of aliphatic hydroxyl groups is 1. The zero-order valence-corrected chi connectivity index (χ0v) is 16.7. The first-order valence-corrected chi connectivity index (χ1v) is 9.83. The number of rotatable bonds is 4. The molecule has 2 aromatic carbocycles. The van der Waals surface area contributed by atoms with Gasteiger partial charge in [-0.25, -0.2) is 0 Å². The molecule has 7 heteroatoms. The second-order valence-electron chi connectivity index (χ2n) is 7.30. The van der Waals surface area contributed by atoms with Crippen LogP contribution >= 0.6 is 0 Å². The predicted molar refractivity (Wildman–Crippen MR) is 112 cm³/mol. The quantitative estimate of drug-likeness (QED) is 0.394. The largest absolute Gasteiger partial charge is 0.507 e. The minimum atomic E-state index is -0.895. The molecule has 156 valence electrons. The van der Waals surface area contributed by atoms with E-state index in [0.29, 0.717) is 29.4 Å². The van der Waals surface area contributed by atoms with Crippen molar-refractivity contribution in [1.82, 2.24) is 0 Å². The Morgan fingerprint density at radius 3 is 2.65 bits per heavy atom. The van der Waals surface area contributed by atoms with Crippen LogP contribution in [0.15, 0.2) is 70.9 Å². The highest BCUT2D eigenvalue weighted by Crippen LogP contribution is 2.43. The van der Waals surface area contributed by atoms with Crippen molar-refractivity contribution < 1.29 is 28.6 Å². The number of Topliss-reactive ketones (excluding diaryl/α,β-unsaturated/α-hetero) is 1. The van der Waals surface area contributed by atoms with Crippen molar-refractivity contribution in [3.05, 3.63) is 83.3 Å². The molecule has 0 radical (unpaired) electrons. The van der Waals surface area contributed by atoms with E-state index in [1.807, 2.05) is 0 Å². The fraction of sp³-hybridized carbons (Fsp3) is 0.167. The Labute approximate surface area is 178 Å². The maximum absolute atomic E-state index is 13.1. The van der Waals surface area contributed by atoms with Crippen LogP contribution in [-0.2, 0) is 16.0 Å². The molecule has 2 aliphatic rings. The second-order valence-corrected chi connectivity index (χ2v) is 7.30. The van der Waals surface area contributed by atoms with Crippen molar-refractivity contribution in [2.24, 2.45) is 0 Å². The van der Waals surface area contributed by atoms with Crippen LogP contribution in [0.5, 0.6) is 11.5 Å². The molecule has 5 rings (SSSR count). The van der Waals surface area contributed by atoms with Crippen molar-refractivity contribution in [2.75, 3.05) is 18.6 Å². The normalized spacial score (nSPS) is 19.4. The van der Waals surface area contributed by atoms with E-state index < -0.39 is 17.7 Å². The number of furan rings is 1. The van der Waals surface area contributed by atoms with Crippen molar-refractivity contribution in [2.45, 2.75) is 12.5 Å². The number of fused-ring (bicyclic) bond motifs is 1. The molecule has 3 aromatic rings. The number of hydrogen-bond acceptors (Lipinski definition) is 6. The second kappa shape index (κ2) is 7.36. The molecular weight excluding hydrogens is 398 g/mol. The number of benzene rings is 2. The number of anilines is 1. The summed E-state index contributed by atoms with van der Waals surface area (Å²) in [7, 11) is 1.55. The minimum absolute atomic E-state index is 0.0189. The number of ketones is 1. The average molecular weight is 417 g/mol. The lowest BCUT2D eigenvalue weighted by Gasteiger charge is -2.23.